The standard InChI is InChI=1S/C11H24N4O/c1-4-6-14-11(16)15(8-9(2)3)7-5-10(12)13/h9H,4-8H2,1-3H3,(H3,12,13)(H,14,16). The minimum absolute atomic E-state index is 0.0585. The highest BCUT2D eigenvalue weighted by atomic mass is 16.2. The van der Waals surface area contributed by atoms with Gasteiger partial charge in [0.25, 0.3) is 0 Å². The number of hydrogen-bond acceptors (Lipinski definition) is 2. The van der Waals surface area contributed by atoms with Crippen molar-refractivity contribution in [3.63, 3.8) is 0 Å². The number of hydrogen-bond donors (Lipinski definition) is 3. The lowest BCUT2D eigenvalue weighted by Gasteiger charge is -2.24. The van der Waals surface area contributed by atoms with E-state index in [4.69, 9.17) is 11.1 Å². The molecule has 5 nitrogen and oxygen atoms in total. The average molecular weight is 228 g/mol. The van der Waals surface area contributed by atoms with Gasteiger partial charge >= 0.3 is 6.03 Å². The summed E-state index contributed by atoms with van der Waals surface area (Å²) in [7, 11) is 0. The molecule has 0 aliphatic heterocycles. The quantitative estimate of drug-likeness (QED) is 0.454. The van der Waals surface area contributed by atoms with Gasteiger partial charge in [-0.1, -0.05) is 20.8 Å². The first-order valence-electron chi connectivity index (χ1n) is 5.83. The molecule has 0 aromatic heterocycles. The fourth-order valence-corrected chi connectivity index (χ4v) is 1.32. The summed E-state index contributed by atoms with van der Waals surface area (Å²) in [6, 6.07) is -0.0585. The van der Waals surface area contributed by atoms with Crippen LogP contribution in [0, 0.1) is 11.3 Å². The normalized spacial score (nSPS) is 10.2. The minimum atomic E-state index is -0.0585. The summed E-state index contributed by atoms with van der Waals surface area (Å²) in [4.78, 5) is 13.5. The monoisotopic (exact) mass is 228 g/mol. The Balaban J connectivity index is 4.17. The second kappa shape index (κ2) is 7.96. The highest BCUT2D eigenvalue weighted by Gasteiger charge is 2.13. The van der Waals surface area contributed by atoms with E-state index in [-0.39, 0.29) is 11.9 Å². The van der Waals surface area contributed by atoms with E-state index >= 15 is 0 Å². The van der Waals surface area contributed by atoms with Crippen molar-refractivity contribution < 1.29 is 4.79 Å². The molecule has 0 aromatic rings. The molecule has 0 aliphatic carbocycles. The molecule has 94 valence electrons. The van der Waals surface area contributed by atoms with Crippen LogP contribution in [0.2, 0.25) is 0 Å². The summed E-state index contributed by atoms with van der Waals surface area (Å²) in [5, 5.41) is 10.0. The summed E-state index contributed by atoms with van der Waals surface area (Å²) in [5.74, 6) is 0.538. The summed E-state index contributed by atoms with van der Waals surface area (Å²) in [6.45, 7) is 8.05. The van der Waals surface area contributed by atoms with Crippen molar-refractivity contribution in [2.24, 2.45) is 11.7 Å². The molecule has 0 aromatic carbocycles. The van der Waals surface area contributed by atoms with Gasteiger partial charge in [-0.3, -0.25) is 5.41 Å². The smallest absolute Gasteiger partial charge is 0.317 e. The molecule has 0 radical (unpaired) electrons. The number of carbonyl (C=O) groups excluding carboxylic acids is 1. The van der Waals surface area contributed by atoms with Crippen LogP contribution < -0.4 is 11.1 Å². The van der Waals surface area contributed by atoms with Gasteiger partial charge in [-0.15, -0.1) is 0 Å². The fourth-order valence-electron chi connectivity index (χ4n) is 1.32. The Kier molecular flexibility index (Phi) is 7.33. The van der Waals surface area contributed by atoms with Crippen LogP contribution in [0.4, 0.5) is 4.79 Å². The van der Waals surface area contributed by atoms with Crippen molar-refractivity contribution in [3.8, 4) is 0 Å². The Morgan fingerprint density at radius 1 is 1.50 bits per heavy atom. The Bertz CT molecular complexity index is 228. The van der Waals surface area contributed by atoms with E-state index in [1.807, 2.05) is 6.92 Å². The maximum atomic E-state index is 11.8. The van der Waals surface area contributed by atoms with Gasteiger partial charge < -0.3 is 16.0 Å². The lowest BCUT2D eigenvalue weighted by molar-refractivity contribution is 0.192. The Morgan fingerprint density at radius 2 is 2.12 bits per heavy atom. The van der Waals surface area contributed by atoms with Gasteiger partial charge in [-0.05, 0) is 12.3 Å². The lowest BCUT2D eigenvalue weighted by atomic mass is 10.2. The molecular formula is C11H24N4O. The molecule has 4 N–H and O–H groups in total. The van der Waals surface area contributed by atoms with Gasteiger partial charge in [0.1, 0.15) is 0 Å². The summed E-state index contributed by atoms with van der Waals surface area (Å²) >= 11 is 0. The van der Waals surface area contributed by atoms with E-state index in [1.165, 1.54) is 0 Å². The first-order chi connectivity index (χ1) is 7.47. The molecule has 0 atom stereocenters. The molecule has 0 spiro atoms. The second-order valence-corrected chi connectivity index (χ2v) is 4.35. The van der Waals surface area contributed by atoms with E-state index in [2.05, 4.69) is 19.2 Å². The van der Waals surface area contributed by atoms with Crippen molar-refractivity contribution in [1.82, 2.24) is 10.2 Å². The summed E-state index contributed by atoms with van der Waals surface area (Å²) in [5.41, 5.74) is 5.30. The zero-order chi connectivity index (χ0) is 12.6. The van der Waals surface area contributed by atoms with E-state index < -0.39 is 0 Å². The zero-order valence-electron chi connectivity index (χ0n) is 10.5. The number of urea groups is 1. The topological polar surface area (TPSA) is 82.2 Å². The third-order valence-corrected chi connectivity index (χ3v) is 2.05. The number of nitrogens with two attached hydrogens (primary N) is 1. The molecule has 16 heavy (non-hydrogen) atoms. The first-order valence-corrected chi connectivity index (χ1v) is 5.83. The highest BCUT2D eigenvalue weighted by Crippen LogP contribution is 2.00. The number of rotatable bonds is 7. The van der Waals surface area contributed by atoms with Crippen LogP contribution in [0.25, 0.3) is 0 Å². The zero-order valence-corrected chi connectivity index (χ0v) is 10.5. The number of nitrogens with one attached hydrogen (secondary N) is 2. The van der Waals surface area contributed by atoms with Gasteiger partial charge in [0, 0.05) is 26.1 Å². The van der Waals surface area contributed by atoms with Crippen molar-refractivity contribution in [2.45, 2.75) is 33.6 Å². The minimum Gasteiger partial charge on any atom is -0.388 e. The van der Waals surface area contributed by atoms with Gasteiger partial charge in [-0.25, -0.2) is 4.79 Å². The van der Waals surface area contributed by atoms with E-state index in [0.717, 1.165) is 6.42 Å². The third-order valence-electron chi connectivity index (χ3n) is 2.05. The molecule has 5 heteroatoms. The van der Waals surface area contributed by atoms with Crippen LogP contribution >= 0.6 is 0 Å². The van der Waals surface area contributed by atoms with Crippen LogP contribution in [0.15, 0.2) is 0 Å². The van der Waals surface area contributed by atoms with Crippen molar-refractivity contribution in [2.75, 3.05) is 19.6 Å². The predicted octanol–water partition coefficient (Wildman–Crippen LogP) is 1.39. The SMILES string of the molecule is CCCNC(=O)N(CCC(=N)N)CC(C)C. The van der Waals surface area contributed by atoms with Crippen molar-refractivity contribution in [1.29, 1.82) is 5.41 Å². The Hall–Kier alpha value is -1.26. The summed E-state index contributed by atoms with van der Waals surface area (Å²) < 4.78 is 0. The molecule has 0 fully saturated rings. The van der Waals surface area contributed by atoms with Gasteiger partial charge in [-0.2, -0.15) is 0 Å². The molecule has 0 aliphatic rings. The fraction of sp³-hybridized carbons (Fsp3) is 0.818. The molecule has 0 saturated heterocycles. The third kappa shape index (κ3) is 7.09. The molecule has 0 saturated carbocycles. The van der Waals surface area contributed by atoms with Gasteiger partial charge in [0.2, 0.25) is 0 Å². The molecule has 2 amide bonds. The highest BCUT2D eigenvalue weighted by molar-refractivity contribution is 5.78. The van der Waals surface area contributed by atoms with Crippen LogP contribution in [0.1, 0.15) is 33.6 Å². The molecular weight excluding hydrogens is 204 g/mol. The van der Waals surface area contributed by atoms with Crippen LogP contribution in [-0.4, -0.2) is 36.4 Å². The maximum Gasteiger partial charge on any atom is 0.317 e. The Morgan fingerprint density at radius 3 is 2.56 bits per heavy atom. The number of amides is 2. The number of amidine groups is 1. The molecule has 0 rings (SSSR count). The van der Waals surface area contributed by atoms with E-state index in [0.29, 0.717) is 32.0 Å². The average Bonchev–Trinajstić information content (AvgIpc) is 2.19. The largest absolute Gasteiger partial charge is 0.388 e. The Labute approximate surface area is 97.9 Å². The maximum absolute atomic E-state index is 11.8. The van der Waals surface area contributed by atoms with Crippen LogP contribution in [0.3, 0.4) is 0 Å². The van der Waals surface area contributed by atoms with Gasteiger partial charge in [0.15, 0.2) is 0 Å². The van der Waals surface area contributed by atoms with Crippen molar-refractivity contribution in [3.05, 3.63) is 0 Å². The summed E-state index contributed by atoms with van der Waals surface area (Å²) in [6.07, 6.45) is 1.36. The predicted molar refractivity (Wildman–Crippen MR) is 66.6 cm³/mol. The molecule has 0 unspecified atom stereocenters. The van der Waals surface area contributed by atoms with Crippen LogP contribution in [-0.2, 0) is 0 Å². The lowest BCUT2D eigenvalue weighted by Crippen LogP contribution is -2.43. The van der Waals surface area contributed by atoms with E-state index in [1.54, 1.807) is 4.90 Å². The molecule has 0 bridgehead atoms. The second-order valence-electron chi connectivity index (χ2n) is 4.35. The van der Waals surface area contributed by atoms with E-state index in [9.17, 15) is 4.79 Å². The van der Waals surface area contributed by atoms with Crippen LogP contribution in [0.5, 0.6) is 0 Å². The molecule has 0 heterocycles. The number of carbonyl (C=O) groups is 1. The number of nitrogens with zero attached hydrogens (tertiary/aromatic N) is 1. The first kappa shape index (κ1) is 14.7. The van der Waals surface area contributed by atoms with Crippen molar-refractivity contribution >= 4 is 11.9 Å². The van der Waals surface area contributed by atoms with Gasteiger partial charge in [0.05, 0.1) is 5.84 Å².